The molecule has 0 spiro atoms. The lowest BCUT2D eigenvalue weighted by Gasteiger charge is -2.45. The van der Waals surface area contributed by atoms with Crippen molar-refractivity contribution in [3.8, 4) is 0 Å². The third kappa shape index (κ3) is 4.89. The van der Waals surface area contributed by atoms with Crippen LogP contribution in [0.3, 0.4) is 0 Å². The topological polar surface area (TPSA) is 52.6 Å². The molecule has 1 fully saturated rings. The molecular weight excluding hydrogens is 393 g/mol. The molecule has 0 aliphatic carbocycles. The summed E-state index contributed by atoms with van der Waals surface area (Å²) in [4.78, 5) is 13.1. The number of nitrogens with zero attached hydrogens (tertiary/aromatic N) is 1. The number of benzene rings is 2. The third-order valence-corrected chi connectivity index (χ3v) is 5.69. The van der Waals surface area contributed by atoms with Crippen LogP contribution >= 0.6 is 0 Å². The highest BCUT2D eigenvalue weighted by Gasteiger charge is 2.38. The summed E-state index contributed by atoms with van der Waals surface area (Å²) in [7, 11) is 0. The molecule has 1 amide bonds. The van der Waals surface area contributed by atoms with Gasteiger partial charge in [0.05, 0.1) is 0 Å². The molecule has 162 valence electrons. The van der Waals surface area contributed by atoms with Crippen LogP contribution in [0, 0.1) is 22.9 Å². The van der Waals surface area contributed by atoms with E-state index in [-0.39, 0.29) is 23.9 Å². The summed E-state index contributed by atoms with van der Waals surface area (Å²) in [5, 5.41) is 12.9. The van der Waals surface area contributed by atoms with Crippen LogP contribution in [-0.4, -0.2) is 34.7 Å². The van der Waals surface area contributed by atoms with Crippen LogP contribution in [0.2, 0.25) is 0 Å². The molecule has 0 aromatic heterocycles. The molecule has 4 nitrogen and oxygen atoms in total. The van der Waals surface area contributed by atoms with Gasteiger partial charge in [0, 0.05) is 36.3 Å². The molecule has 2 aromatic rings. The van der Waals surface area contributed by atoms with E-state index in [4.69, 9.17) is 0 Å². The van der Waals surface area contributed by atoms with E-state index in [2.05, 4.69) is 5.32 Å². The van der Waals surface area contributed by atoms with Crippen molar-refractivity contribution >= 4 is 11.8 Å². The predicted octanol–water partition coefficient (Wildman–Crippen LogP) is 5.66. The number of hydrogen-bond acceptors (Lipinski definition) is 2. The Hall–Kier alpha value is -2.70. The van der Waals surface area contributed by atoms with Gasteiger partial charge in [-0.05, 0) is 48.1 Å². The minimum atomic E-state index is -0.965. The van der Waals surface area contributed by atoms with E-state index in [9.17, 15) is 23.1 Å². The van der Waals surface area contributed by atoms with Gasteiger partial charge in [0.2, 0.25) is 0 Å². The van der Waals surface area contributed by atoms with Crippen LogP contribution in [0.4, 0.5) is 23.7 Å². The van der Waals surface area contributed by atoms with Gasteiger partial charge >= 0.3 is 6.09 Å². The molecule has 2 N–H and O–H groups in total. The van der Waals surface area contributed by atoms with Gasteiger partial charge in [-0.2, -0.15) is 0 Å². The van der Waals surface area contributed by atoms with E-state index in [1.807, 2.05) is 20.8 Å². The van der Waals surface area contributed by atoms with Crippen molar-refractivity contribution in [2.75, 3.05) is 11.9 Å². The summed E-state index contributed by atoms with van der Waals surface area (Å²) in [5.74, 6) is -2.34. The Bertz CT molecular complexity index is 927. The maximum absolute atomic E-state index is 14.6. The normalized spacial score (nSPS) is 19.6. The van der Waals surface area contributed by atoms with E-state index < -0.39 is 23.5 Å². The summed E-state index contributed by atoms with van der Waals surface area (Å²) < 4.78 is 41.4. The number of carboxylic acid groups (broad SMARTS) is 1. The smallest absolute Gasteiger partial charge is 0.407 e. The summed E-state index contributed by atoms with van der Waals surface area (Å²) in [6, 6.07) is 8.04. The molecule has 0 saturated carbocycles. The average Bonchev–Trinajstić information content (AvgIpc) is 2.66. The van der Waals surface area contributed by atoms with E-state index in [0.717, 1.165) is 12.1 Å². The van der Waals surface area contributed by atoms with Crippen molar-refractivity contribution in [1.82, 2.24) is 4.90 Å². The Morgan fingerprint density at radius 1 is 1.13 bits per heavy atom. The molecule has 2 aromatic carbocycles. The minimum Gasteiger partial charge on any atom is -0.465 e. The van der Waals surface area contributed by atoms with Crippen LogP contribution in [0.25, 0.3) is 0 Å². The van der Waals surface area contributed by atoms with Crippen molar-refractivity contribution in [2.45, 2.75) is 52.1 Å². The summed E-state index contributed by atoms with van der Waals surface area (Å²) >= 11 is 0. The largest absolute Gasteiger partial charge is 0.465 e. The summed E-state index contributed by atoms with van der Waals surface area (Å²) in [5.41, 5.74) is 1.18. The van der Waals surface area contributed by atoms with Gasteiger partial charge < -0.3 is 15.3 Å². The molecular formula is C23H27F3N2O2. The first-order chi connectivity index (χ1) is 14.1. The Balaban J connectivity index is 1.82. The molecule has 30 heavy (non-hydrogen) atoms. The standard InChI is InChI=1S/C23H27F3N2O2/c1-23(2,3)21-13-15(9-10-28(21)22(29)30)27-20-6-4-5-17(24)16(20)11-14-7-8-18(25)19(26)12-14/h4-8,12,15,21,27H,9-11,13H2,1-3H3,(H,29,30). The van der Waals surface area contributed by atoms with Crippen molar-refractivity contribution in [2.24, 2.45) is 5.41 Å². The number of piperidine rings is 1. The van der Waals surface area contributed by atoms with E-state index in [1.165, 1.54) is 17.0 Å². The van der Waals surface area contributed by atoms with Crippen LogP contribution in [0.15, 0.2) is 36.4 Å². The van der Waals surface area contributed by atoms with E-state index in [1.54, 1.807) is 12.1 Å². The maximum atomic E-state index is 14.6. The lowest BCUT2D eigenvalue weighted by Crippen LogP contribution is -2.54. The number of likely N-dealkylation sites (tertiary alicyclic amines) is 1. The molecule has 3 rings (SSSR count). The van der Waals surface area contributed by atoms with Gasteiger partial charge in [0.15, 0.2) is 11.6 Å². The first-order valence-corrected chi connectivity index (χ1v) is 10.0. The second-order valence-electron chi connectivity index (χ2n) is 8.91. The zero-order valence-electron chi connectivity index (χ0n) is 17.4. The molecule has 2 unspecified atom stereocenters. The second-order valence-corrected chi connectivity index (χ2v) is 8.91. The molecule has 7 heteroatoms. The molecule has 0 radical (unpaired) electrons. The van der Waals surface area contributed by atoms with E-state index >= 15 is 0 Å². The molecule has 1 aliphatic rings. The second kappa shape index (κ2) is 8.58. The van der Waals surface area contributed by atoms with Crippen LogP contribution < -0.4 is 5.32 Å². The highest BCUT2D eigenvalue weighted by atomic mass is 19.2. The number of carbonyl (C=O) groups is 1. The number of hydrogen-bond donors (Lipinski definition) is 2. The van der Waals surface area contributed by atoms with E-state index in [0.29, 0.717) is 36.2 Å². The lowest BCUT2D eigenvalue weighted by molar-refractivity contribution is 0.0557. The highest BCUT2D eigenvalue weighted by molar-refractivity contribution is 5.66. The Morgan fingerprint density at radius 2 is 1.87 bits per heavy atom. The molecule has 2 atom stereocenters. The highest BCUT2D eigenvalue weighted by Crippen LogP contribution is 2.34. The number of nitrogens with one attached hydrogen (secondary N) is 1. The van der Waals surface area contributed by atoms with Gasteiger partial charge in [-0.1, -0.05) is 32.9 Å². The fourth-order valence-electron chi connectivity index (χ4n) is 4.09. The van der Waals surface area contributed by atoms with Crippen LogP contribution in [0.1, 0.15) is 44.7 Å². The fraction of sp³-hybridized carbons (Fsp3) is 0.435. The van der Waals surface area contributed by atoms with Crippen molar-refractivity contribution in [3.63, 3.8) is 0 Å². The predicted molar refractivity (Wildman–Crippen MR) is 110 cm³/mol. The van der Waals surface area contributed by atoms with Gasteiger partial charge in [-0.25, -0.2) is 18.0 Å². The zero-order chi connectivity index (χ0) is 22.1. The molecule has 1 aliphatic heterocycles. The van der Waals surface area contributed by atoms with Gasteiger partial charge in [0.25, 0.3) is 0 Å². The quantitative estimate of drug-likeness (QED) is 0.671. The summed E-state index contributed by atoms with van der Waals surface area (Å²) in [6.07, 6.45) is 0.373. The van der Waals surface area contributed by atoms with Gasteiger partial charge in [-0.3, -0.25) is 0 Å². The summed E-state index contributed by atoms with van der Waals surface area (Å²) in [6.45, 7) is 6.41. The SMILES string of the molecule is CC(C)(C)C1CC(Nc2cccc(F)c2Cc2ccc(F)c(F)c2)CCN1C(=O)O. The average molecular weight is 420 g/mol. The molecule has 1 heterocycles. The van der Waals surface area contributed by atoms with Crippen molar-refractivity contribution < 1.29 is 23.1 Å². The van der Waals surface area contributed by atoms with Crippen molar-refractivity contribution in [1.29, 1.82) is 0 Å². The Kier molecular flexibility index (Phi) is 6.29. The van der Waals surface area contributed by atoms with Crippen molar-refractivity contribution in [3.05, 3.63) is 65.0 Å². The Morgan fingerprint density at radius 3 is 2.50 bits per heavy atom. The number of rotatable bonds is 4. The van der Waals surface area contributed by atoms with Gasteiger partial charge in [-0.15, -0.1) is 0 Å². The first kappa shape index (κ1) is 22.0. The molecule has 1 saturated heterocycles. The monoisotopic (exact) mass is 420 g/mol. The first-order valence-electron chi connectivity index (χ1n) is 10.0. The zero-order valence-corrected chi connectivity index (χ0v) is 17.4. The lowest BCUT2D eigenvalue weighted by atomic mass is 9.79. The minimum absolute atomic E-state index is 0.0321. The Labute approximate surface area is 174 Å². The van der Waals surface area contributed by atoms with Crippen LogP contribution in [-0.2, 0) is 6.42 Å². The van der Waals surface area contributed by atoms with Crippen LogP contribution in [0.5, 0.6) is 0 Å². The number of halogens is 3. The number of amides is 1. The maximum Gasteiger partial charge on any atom is 0.407 e. The third-order valence-electron chi connectivity index (χ3n) is 5.69. The fourth-order valence-corrected chi connectivity index (χ4v) is 4.09. The molecule has 0 bridgehead atoms. The number of anilines is 1. The van der Waals surface area contributed by atoms with Gasteiger partial charge in [0.1, 0.15) is 5.82 Å².